The van der Waals surface area contributed by atoms with E-state index in [1.54, 1.807) is 0 Å². The second-order valence-electron chi connectivity index (χ2n) is 3.45. The molecule has 1 fully saturated rings. The number of halogens is 2. The molecule has 0 aromatic rings. The smallest absolute Gasteiger partial charge is 0.101 e. The molecule has 66 valence electrons. The lowest BCUT2D eigenvalue weighted by molar-refractivity contribution is 0.413. The highest BCUT2D eigenvalue weighted by molar-refractivity contribution is 6.51. The predicted octanol–water partition coefficient (Wildman–Crippen LogP) is 4.01. The molecule has 0 radical (unpaired) electrons. The van der Waals surface area contributed by atoms with E-state index in [1.807, 2.05) is 0 Å². The van der Waals surface area contributed by atoms with Crippen LogP contribution in [0.3, 0.4) is 0 Å². The van der Waals surface area contributed by atoms with Gasteiger partial charge in [0.15, 0.2) is 0 Å². The van der Waals surface area contributed by atoms with E-state index in [4.69, 9.17) is 23.2 Å². The van der Waals surface area contributed by atoms with E-state index < -0.39 is 4.33 Å². The van der Waals surface area contributed by atoms with Gasteiger partial charge in [-0.2, -0.15) is 0 Å². The van der Waals surface area contributed by atoms with Crippen molar-refractivity contribution in [3.63, 3.8) is 0 Å². The van der Waals surface area contributed by atoms with Gasteiger partial charge >= 0.3 is 0 Å². The van der Waals surface area contributed by atoms with E-state index in [2.05, 4.69) is 20.8 Å². The molecule has 11 heavy (non-hydrogen) atoms. The molecular weight excluding hydrogens is 179 g/mol. The summed E-state index contributed by atoms with van der Waals surface area (Å²) in [5.41, 5.74) is 0.227. The van der Waals surface area contributed by atoms with Gasteiger partial charge in [0.2, 0.25) is 0 Å². The first-order valence-electron chi connectivity index (χ1n) is 4.44. The minimum Gasteiger partial charge on any atom is -0.101 e. The summed E-state index contributed by atoms with van der Waals surface area (Å²) in [6.07, 6.45) is 3.32. The van der Waals surface area contributed by atoms with Gasteiger partial charge in [0, 0.05) is 11.3 Å². The molecule has 1 atom stereocenters. The number of alkyl halides is 2. The van der Waals surface area contributed by atoms with Crippen LogP contribution >= 0.6 is 23.2 Å². The molecule has 2 heteroatoms. The van der Waals surface area contributed by atoms with Crippen LogP contribution in [0.5, 0.6) is 0 Å². The van der Waals surface area contributed by atoms with Gasteiger partial charge in [-0.3, -0.25) is 0 Å². The lowest BCUT2D eigenvalue weighted by Gasteiger charge is -2.11. The third-order valence-electron chi connectivity index (χ3n) is 3.36. The summed E-state index contributed by atoms with van der Waals surface area (Å²) < 4.78 is -0.425. The maximum Gasteiger partial charge on any atom is 0.127 e. The largest absolute Gasteiger partial charge is 0.127 e. The monoisotopic (exact) mass is 194 g/mol. The molecule has 0 aromatic carbocycles. The van der Waals surface area contributed by atoms with Gasteiger partial charge < -0.3 is 0 Å². The third-order valence-corrected chi connectivity index (χ3v) is 4.63. The molecule has 0 saturated heterocycles. The Balaban J connectivity index is 2.74. The molecule has 1 aliphatic carbocycles. The van der Waals surface area contributed by atoms with Crippen molar-refractivity contribution < 1.29 is 0 Å². The summed E-state index contributed by atoms with van der Waals surface area (Å²) >= 11 is 12.4. The summed E-state index contributed by atoms with van der Waals surface area (Å²) in [6.45, 7) is 6.52. The fourth-order valence-corrected chi connectivity index (χ4v) is 3.87. The van der Waals surface area contributed by atoms with Crippen molar-refractivity contribution in [3.05, 3.63) is 0 Å². The van der Waals surface area contributed by atoms with Crippen LogP contribution in [0.4, 0.5) is 0 Å². The van der Waals surface area contributed by atoms with Gasteiger partial charge in [0.1, 0.15) is 4.33 Å². The van der Waals surface area contributed by atoms with Crippen LogP contribution in [0.1, 0.15) is 40.0 Å². The standard InChI is InChI=1S/C9H16Cl2/c1-4-7-8(5-2,6-3)9(7,10)11/h7H,4-6H2,1-3H3. The fraction of sp³-hybridized carbons (Fsp3) is 1.00. The quantitative estimate of drug-likeness (QED) is 0.597. The fourth-order valence-electron chi connectivity index (χ4n) is 2.45. The highest BCUT2D eigenvalue weighted by Gasteiger charge is 2.72. The van der Waals surface area contributed by atoms with Crippen LogP contribution < -0.4 is 0 Å². The van der Waals surface area contributed by atoms with Crippen molar-refractivity contribution in [1.82, 2.24) is 0 Å². The average molecular weight is 195 g/mol. The lowest BCUT2D eigenvalue weighted by atomic mass is 9.96. The molecule has 0 nitrogen and oxygen atoms in total. The van der Waals surface area contributed by atoms with E-state index in [0.717, 1.165) is 19.3 Å². The van der Waals surface area contributed by atoms with E-state index in [-0.39, 0.29) is 5.41 Å². The van der Waals surface area contributed by atoms with Gasteiger partial charge in [-0.05, 0) is 19.3 Å². The van der Waals surface area contributed by atoms with Crippen LogP contribution in [0, 0.1) is 11.3 Å². The number of hydrogen-bond donors (Lipinski definition) is 0. The van der Waals surface area contributed by atoms with E-state index >= 15 is 0 Å². The van der Waals surface area contributed by atoms with Crippen molar-refractivity contribution in [2.24, 2.45) is 11.3 Å². The van der Waals surface area contributed by atoms with Crippen LogP contribution in [0.15, 0.2) is 0 Å². The summed E-state index contributed by atoms with van der Waals surface area (Å²) in [5, 5.41) is 0. The predicted molar refractivity (Wildman–Crippen MR) is 51.2 cm³/mol. The van der Waals surface area contributed by atoms with Crippen LogP contribution in [-0.4, -0.2) is 4.33 Å². The first-order valence-corrected chi connectivity index (χ1v) is 5.20. The summed E-state index contributed by atoms with van der Waals surface area (Å²) in [6, 6.07) is 0. The number of rotatable bonds is 3. The van der Waals surface area contributed by atoms with E-state index in [0.29, 0.717) is 5.92 Å². The van der Waals surface area contributed by atoms with Crippen LogP contribution in [0.2, 0.25) is 0 Å². The number of hydrogen-bond acceptors (Lipinski definition) is 0. The Bertz CT molecular complexity index is 148. The van der Waals surface area contributed by atoms with Crippen LogP contribution in [0.25, 0.3) is 0 Å². The molecule has 0 N–H and O–H groups in total. The van der Waals surface area contributed by atoms with Gasteiger partial charge in [0.25, 0.3) is 0 Å². The Kier molecular flexibility index (Phi) is 2.47. The zero-order chi connectivity index (χ0) is 8.70. The van der Waals surface area contributed by atoms with E-state index in [9.17, 15) is 0 Å². The van der Waals surface area contributed by atoms with Crippen LogP contribution in [-0.2, 0) is 0 Å². The molecule has 0 bridgehead atoms. The Hall–Kier alpha value is 0.580. The lowest BCUT2D eigenvalue weighted by Crippen LogP contribution is -2.06. The summed E-state index contributed by atoms with van der Waals surface area (Å²) in [4.78, 5) is 0. The van der Waals surface area contributed by atoms with Gasteiger partial charge in [-0.1, -0.05) is 20.8 Å². The Morgan fingerprint density at radius 1 is 1.09 bits per heavy atom. The minimum absolute atomic E-state index is 0.227. The minimum atomic E-state index is -0.425. The maximum absolute atomic E-state index is 6.20. The van der Waals surface area contributed by atoms with Crippen molar-refractivity contribution in [3.8, 4) is 0 Å². The topological polar surface area (TPSA) is 0 Å². The normalized spacial score (nSPS) is 31.9. The molecule has 0 aromatic heterocycles. The molecule has 0 amide bonds. The SMILES string of the molecule is CCC1C(Cl)(Cl)C1(CC)CC. The van der Waals surface area contributed by atoms with E-state index in [1.165, 1.54) is 0 Å². The van der Waals surface area contributed by atoms with Gasteiger partial charge in [0.05, 0.1) is 0 Å². The van der Waals surface area contributed by atoms with Crippen molar-refractivity contribution in [2.45, 2.75) is 44.4 Å². The summed E-state index contributed by atoms with van der Waals surface area (Å²) in [7, 11) is 0. The first-order chi connectivity index (χ1) is 5.06. The molecule has 1 unspecified atom stereocenters. The molecule has 0 heterocycles. The zero-order valence-electron chi connectivity index (χ0n) is 7.45. The van der Waals surface area contributed by atoms with Gasteiger partial charge in [-0.25, -0.2) is 0 Å². The highest BCUT2D eigenvalue weighted by atomic mass is 35.5. The van der Waals surface area contributed by atoms with Gasteiger partial charge in [-0.15, -0.1) is 23.2 Å². The summed E-state index contributed by atoms with van der Waals surface area (Å²) in [5.74, 6) is 0.522. The van der Waals surface area contributed by atoms with Crippen molar-refractivity contribution in [1.29, 1.82) is 0 Å². The molecular formula is C9H16Cl2. The van der Waals surface area contributed by atoms with Crippen molar-refractivity contribution >= 4 is 23.2 Å². The highest BCUT2D eigenvalue weighted by Crippen LogP contribution is 2.73. The Morgan fingerprint density at radius 3 is 1.64 bits per heavy atom. The molecule has 1 aliphatic rings. The maximum atomic E-state index is 6.20. The first kappa shape index (κ1) is 9.67. The second kappa shape index (κ2) is 2.81. The molecule has 0 spiro atoms. The molecule has 1 rings (SSSR count). The van der Waals surface area contributed by atoms with Crippen molar-refractivity contribution in [2.75, 3.05) is 0 Å². The molecule has 1 saturated carbocycles. The average Bonchev–Trinajstić information content (AvgIpc) is 2.47. The Morgan fingerprint density at radius 2 is 1.55 bits per heavy atom. The second-order valence-corrected chi connectivity index (χ2v) is 4.83. The molecule has 0 aliphatic heterocycles. The Labute approximate surface area is 79.3 Å². The third kappa shape index (κ3) is 1.02. The zero-order valence-corrected chi connectivity index (χ0v) is 8.97.